The first-order chi connectivity index (χ1) is 18.0. The fourth-order valence-corrected chi connectivity index (χ4v) is 4.93. The molecule has 0 bridgehead atoms. The summed E-state index contributed by atoms with van der Waals surface area (Å²) in [6.45, 7) is 4.15. The number of nitrogens with one attached hydrogen (secondary N) is 2. The Kier molecular flexibility index (Phi) is 7.47. The van der Waals surface area contributed by atoms with Crippen LogP contribution in [-0.4, -0.2) is 76.1 Å². The molecule has 0 aliphatic carbocycles. The predicted octanol–water partition coefficient (Wildman–Crippen LogP) is 1.45. The van der Waals surface area contributed by atoms with Crippen LogP contribution in [0.3, 0.4) is 0 Å². The van der Waals surface area contributed by atoms with E-state index in [4.69, 9.17) is 14.6 Å². The van der Waals surface area contributed by atoms with Crippen LogP contribution in [0.2, 0.25) is 0 Å². The van der Waals surface area contributed by atoms with E-state index >= 15 is 0 Å². The lowest BCUT2D eigenvalue weighted by Crippen LogP contribution is -2.53. The number of hydrogen-bond acceptors (Lipinski definition) is 8. The molecule has 11 nitrogen and oxygen atoms in total. The minimum atomic E-state index is -1.07. The number of piperidine rings is 1. The molecule has 12 heteroatoms. The molecule has 4 heterocycles. The number of pyridine rings is 1. The first kappa shape index (κ1) is 24.9. The molecule has 2 atom stereocenters. The van der Waals surface area contributed by atoms with E-state index in [1.54, 1.807) is 12.3 Å². The summed E-state index contributed by atoms with van der Waals surface area (Å²) in [6, 6.07) is 6.13. The SMILES string of the molecule is O=C(O)NCC1CN(CCn2c(=O)cnc3ccc(F)cc32)CCC1NCc1cc2c(cn1)OCCO2. The van der Waals surface area contributed by atoms with Crippen molar-refractivity contribution >= 4 is 17.1 Å². The molecule has 1 saturated heterocycles. The summed E-state index contributed by atoms with van der Waals surface area (Å²) in [7, 11) is 0. The summed E-state index contributed by atoms with van der Waals surface area (Å²) < 4.78 is 26.5. The summed E-state index contributed by atoms with van der Waals surface area (Å²) in [5.74, 6) is 0.893. The van der Waals surface area contributed by atoms with Gasteiger partial charge in [-0.15, -0.1) is 0 Å². The number of fused-ring (bicyclic) bond motifs is 2. The maximum atomic E-state index is 13.8. The molecule has 0 saturated carbocycles. The number of halogens is 1. The van der Waals surface area contributed by atoms with Crippen LogP contribution >= 0.6 is 0 Å². The van der Waals surface area contributed by atoms with Gasteiger partial charge in [0.1, 0.15) is 19.0 Å². The van der Waals surface area contributed by atoms with E-state index in [0.717, 1.165) is 18.7 Å². The van der Waals surface area contributed by atoms with E-state index in [2.05, 4.69) is 25.5 Å². The number of amides is 1. The van der Waals surface area contributed by atoms with Crippen LogP contribution in [-0.2, 0) is 13.1 Å². The molecular weight excluding hydrogens is 483 g/mol. The summed E-state index contributed by atoms with van der Waals surface area (Å²) in [5, 5.41) is 15.2. The number of carboxylic acid groups (broad SMARTS) is 1. The Labute approximate surface area is 212 Å². The third kappa shape index (κ3) is 5.97. The largest absolute Gasteiger partial charge is 0.486 e. The zero-order chi connectivity index (χ0) is 25.8. The summed E-state index contributed by atoms with van der Waals surface area (Å²) >= 11 is 0. The van der Waals surface area contributed by atoms with Gasteiger partial charge in [-0.1, -0.05) is 0 Å². The van der Waals surface area contributed by atoms with Gasteiger partial charge >= 0.3 is 6.09 Å². The van der Waals surface area contributed by atoms with Gasteiger partial charge in [0.25, 0.3) is 5.56 Å². The van der Waals surface area contributed by atoms with Gasteiger partial charge in [0.2, 0.25) is 0 Å². The lowest BCUT2D eigenvalue weighted by molar-refractivity contribution is 0.128. The van der Waals surface area contributed by atoms with Crippen LogP contribution in [0.15, 0.2) is 41.5 Å². The smallest absolute Gasteiger partial charge is 0.404 e. The molecule has 3 N–H and O–H groups in total. The second-order valence-electron chi connectivity index (χ2n) is 9.22. The third-order valence-electron chi connectivity index (χ3n) is 6.81. The highest BCUT2D eigenvalue weighted by Gasteiger charge is 2.29. The van der Waals surface area contributed by atoms with Crippen molar-refractivity contribution in [2.45, 2.75) is 25.6 Å². The lowest BCUT2D eigenvalue weighted by Gasteiger charge is -2.39. The van der Waals surface area contributed by atoms with E-state index in [1.807, 2.05) is 6.07 Å². The first-order valence-electron chi connectivity index (χ1n) is 12.3. The minimum absolute atomic E-state index is 0.00501. The van der Waals surface area contributed by atoms with Crippen molar-refractivity contribution in [2.75, 3.05) is 39.4 Å². The van der Waals surface area contributed by atoms with Crippen LogP contribution < -0.4 is 25.7 Å². The average molecular weight is 513 g/mol. The van der Waals surface area contributed by atoms with Crippen molar-refractivity contribution < 1.29 is 23.8 Å². The van der Waals surface area contributed by atoms with Gasteiger partial charge in [0, 0.05) is 50.7 Å². The number of rotatable bonds is 8. The number of carbonyl (C=O) groups is 1. The highest BCUT2D eigenvalue weighted by Crippen LogP contribution is 2.29. The summed E-state index contributed by atoms with van der Waals surface area (Å²) in [6.07, 6.45) is 2.63. The monoisotopic (exact) mass is 512 g/mol. The molecular formula is C25H29FN6O5. The Balaban J connectivity index is 1.23. The van der Waals surface area contributed by atoms with E-state index in [-0.39, 0.29) is 17.5 Å². The zero-order valence-electron chi connectivity index (χ0n) is 20.2. The van der Waals surface area contributed by atoms with Gasteiger partial charge in [-0.3, -0.25) is 9.78 Å². The maximum absolute atomic E-state index is 13.8. The third-order valence-corrected chi connectivity index (χ3v) is 6.81. The predicted molar refractivity (Wildman–Crippen MR) is 132 cm³/mol. The van der Waals surface area contributed by atoms with E-state index in [0.29, 0.717) is 68.5 Å². The van der Waals surface area contributed by atoms with Gasteiger partial charge in [-0.25, -0.2) is 14.2 Å². The molecule has 1 fully saturated rings. The molecule has 2 aliphatic heterocycles. The van der Waals surface area contributed by atoms with Crippen LogP contribution in [0.25, 0.3) is 11.0 Å². The number of benzene rings is 1. The first-order valence-corrected chi connectivity index (χ1v) is 12.3. The second kappa shape index (κ2) is 11.1. The summed E-state index contributed by atoms with van der Waals surface area (Å²) in [5.41, 5.74) is 1.54. The molecule has 5 rings (SSSR count). The number of likely N-dealkylation sites (tertiary alicyclic amines) is 1. The maximum Gasteiger partial charge on any atom is 0.404 e. The number of hydrogen-bond donors (Lipinski definition) is 3. The van der Waals surface area contributed by atoms with E-state index in [1.165, 1.54) is 22.9 Å². The number of ether oxygens (including phenoxy) is 2. The molecule has 2 aromatic heterocycles. The van der Waals surface area contributed by atoms with Crippen molar-refractivity contribution in [1.82, 2.24) is 30.1 Å². The zero-order valence-corrected chi connectivity index (χ0v) is 20.2. The van der Waals surface area contributed by atoms with Gasteiger partial charge < -0.3 is 34.7 Å². The minimum Gasteiger partial charge on any atom is -0.486 e. The Morgan fingerprint density at radius 1 is 1.14 bits per heavy atom. The molecule has 1 amide bonds. The quantitative estimate of drug-likeness (QED) is 0.410. The summed E-state index contributed by atoms with van der Waals surface area (Å²) in [4.78, 5) is 34.4. The van der Waals surface area contributed by atoms with Crippen molar-refractivity contribution in [3.63, 3.8) is 0 Å². The lowest BCUT2D eigenvalue weighted by atomic mass is 9.91. The van der Waals surface area contributed by atoms with E-state index in [9.17, 15) is 14.0 Å². The Hall–Kier alpha value is -3.77. The average Bonchev–Trinajstić information content (AvgIpc) is 2.90. The molecule has 0 radical (unpaired) electrons. The molecule has 37 heavy (non-hydrogen) atoms. The fraction of sp³-hybridized carbons (Fsp3) is 0.440. The standard InChI is InChI=1S/C25H29FN6O5/c26-17-1-2-20-21(9-17)32(24(33)14-29-20)6-5-31-4-3-19(16(15-31)11-30-25(34)35)28-12-18-10-22-23(13-27-18)37-8-7-36-22/h1-2,9-10,13-14,16,19,28,30H,3-8,11-12,15H2,(H,34,35). The van der Waals surface area contributed by atoms with Crippen LogP contribution in [0.5, 0.6) is 11.5 Å². The highest BCUT2D eigenvalue weighted by molar-refractivity contribution is 5.74. The highest BCUT2D eigenvalue weighted by atomic mass is 19.1. The Morgan fingerprint density at radius 3 is 2.81 bits per heavy atom. The van der Waals surface area contributed by atoms with Crippen molar-refractivity contribution in [1.29, 1.82) is 0 Å². The fourth-order valence-electron chi connectivity index (χ4n) is 4.93. The topological polar surface area (TPSA) is 131 Å². The molecule has 1 aromatic carbocycles. The van der Waals surface area contributed by atoms with Crippen LogP contribution in [0.4, 0.5) is 9.18 Å². The normalized spacial score (nSPS) is 19.6. The van der Waals surface area contributed by atoms with Crippen molar-refractivity contribution in [2.24, 2.45) is 5.92 Å². The van der Waals surface area contributed by atoms with Crippen molar-refractivity contribution in [3.05, 3.63) is 58.5 Å². The molecule has 3 aromatic rings. The second-order valence-corrected chi connectivity index (χ2v) is 9.22. The molecule has 0 spiro atoms. The van der Waals surface area contributed by atoms with Gasteiger partial charge in [0.15, 0.2) is 11.5 Å². The molecule has 196 valence electrons. The molecule has 2 aliphatic rings. The van der Waals surface area contributed by atoms with Gasteiger partial charge in [-0.05, 0) is 31.2 Å². The Morgan fingerprint density at radius 2 is 1.97 bits per heavy atom. The number of nitrogens with zero attached hydrogens (tertiary/aromatic N) is 4. The van der Waals surface area contributed by atoms with Crippen molar-refractivity contribution in [3.8, 4) is 11.5 Å². The van der Waals surface area contributed by atoms with E-state index < -0.39 is 11.9 Å². The Bertz CT molecular complexity index is 1330. The van der Waals surface area contributed by atoms with Gasteiger partial charge in [-0.2, -0.15) is 0 Å². The van der Waals surface area contributed by atoms with Crippen LogP contribution in [0, 0.1) is 11.7 Å². The van der Waals surface area contributed by atoms with Gasteiger partial charge in [0.05, 0.1) is 29.1 Å². The van der Waals surface area contributed by atoms with Crippen LogP contribution in [0.1, 0.15) is 12.1 Å². The molecule has 2 unspecified atom stereocenters. The number of aromatic nitrogens is 3.